The number of carbonyl (C=O) groups is 1. The molecule has 0 atom stereocenters. The first-order valence-corrected chi connectivity index (χ1v) is 7.51. The standard InChI is InChI=1S/C14H16Cl2N2O3/c1-8(2)7-17(9-3-4-9)14(19)11-5-10(18(20)21)6-12(15)13(11)16/h5-6,8-9H,3-4,7H2,1-2H3. The minimum atomic E-state index is -0.580. The van der Waals surface area contributed by atoms with E-state index in [4.69, 9.17) is 23.2 Å². The van der Waals surface area contributed by atoms with Crippen LogP contribution < -0.4 is 0 Å². The SMILES string of the molecule is CC(C)CN(C(=O)c1cc([N+](=O)[O-])cc(Cl)c1Cl)C1CC1. The van der Waals surface area contributed by atoms with Crippen LogP contribution in [0, 0.1) is 16.0 Å². The Balaban J connectivity index is 2.38. The van der Waals surface area contributed by atoms with Gasteiger partial charge in [0.05, 0.1) is 20.5 Å². The molecule has 0 spiro atoms. The highest BCUT2D eigenvalue weighted by atomic mass is 35.5. The van der Waals surface area contributed by atoms with E-state index in [1.807, 2.05) is 13.8 Å². The summed E-state index contributed by atoms with van der Waals surface area (Å²) in [7, 11) is 0. The largest absolute Gasteiger partial charge is 0.335 e. The van der Waals surface area contributed by atoms with Crippen molar-refractivity contribution < 1.29 is 9.72 Å². The Morgan fingerprint density at radius 1 is 1.43 bits per heavy atom. The van der Waals surface area contributed by atoms with Crippen molar-refractivity contribution in [1.29, 1.82) is 0 Å². The Kier molecular flexibility index (Phi) is 4.74. The van der Waals surface area contributed by atoms with Crippen LogP contribution in [0.25, 0.3) is 0 Å². The van der Waals surface area contributed by atoms with E-state index < -0.39 is 4.92 Å². The highest BCUT2D eigenvalue weighted by Gasteiger charge is 2.35. The fourth-order valence-electron chi connectivity index (χ4n) is 2.17. The molecule has 7 heteroatoms. The van der Waals surface area contributed by atoms with E-state index in [9.17, 15) is 14.9 Å². The lowest BCUT2D eigenvalue weighted by molar-refractivity contribution is -0.384. The quantitative estimate of drug-likeness (QED) is 0.601. The van der Waals surface area contributed by atoms with Crippen LogP contribution in [0.1, 0.15) is 37.0 Å². The summed E-state index contributed by atoms with van der Waals surface area (Å²) in [6, 6.07) is 2.56. The van der Waals surface area contributed by atoms with Gasteiger partial charge >= 0.3 is 0 Å². The lowest BCUT2D eigenvalue weighted by atomic mass is 10.1. The van der Waals surface area contributed by atoms with Crippen molar-refractivity contribution in [2.75, 3.05) is 6.54 Å². The van der Waals surface area contributed by atoms with Gasteiger partial charge in [-0.05, 0) is 18.8 Å². The van der Waals surface area contributed by atoms with Crippen molar-refractivity contribution in [3.8, 4) is 0 Å². The summed E-state index contributed by atoms with van der Waals surface area (Å²) < 4.78 is 0. The minimum Gasteiger partial charge on any atom is -0.335 e. The van der Waals surface area contributed by atoms with Gasteiger partial charge in [-0.3, -0.25) is 14.9 Å². The van der Waals surface area contributed by atoms with E-state index in [1.54, 1.807) is 4.90 Å². The molecule has 2 rings (SSSR count). The van der Waals surface area contributed by atoms with Gasteiger partial charge in [-0.15, -0.1) is 0 Å². The number of hydrogen-bond donors (Lipinski definition) is 0. The second-order valence-corrected chi connectivity index (χ2v) is 6.41. The molecule has 5 nitrogen and oxygen atoms in total. The van der Waals surface area contributed by atoms with Crippen molar-refractivity contribution in [3.05, 3.63) is 37.9 Å². The molecule has 1 amide bonds. The number of hydrogen-bond acceptors (Lipinski definition) is 3. The van der Waals surface area contributed by atoms with E-state index in [2.05, 4.69) is 0 Å². The zero-order chi connectivity index (χ0) is 15.7. The summed E-state index contributed by atoms with van der Waals surface area (Å²) in [5.41, 5.74) is -0.128. The van der Waals surface area contributed by atoms with Gasteiger partial charge in [0.15, 0.2) is 0 Å². The Morgan fingerprint density at radius 2 is 2.05 bits per heavy atom. The maximum Gasteiger partial charge on any atom is 0.271 e. The van der Waals surface area contributed by atoms with Gasteiger partial charge < -0.3 is 4.90 Å². The van der Waals surface area contributed by atoms with Crippen LogP contribution in [0.2, 0.25) is 10.0 Å². The second kappa shape index (κ2) is 6.20. The lowest BCUT2D eigenvalue weighted by Crippen LogP contribution is -2.36. The average Bonchev–Trinajstić information content (AvgIpc) is 3.22. The molecule has 1 aliphatic carbocycles. The molecule has 0 N–H and O–H groups in total. The van der Waals surface area contributed by atoms with Gasteiger partial charge in [0.25, 0.3) is 11.6 Å². The Hall–Kier alpha value is -1.33. The predicted octanol–water partition coefficient (Wildman–Crippen LogP) is 4.16. The summed E-state index contributed by atoms with van der Waals surface area (Å²) in [4.78, 5) is 24.7. The van der Waals surface area contributed by atoms with E-state index in [0.29, 0.717) is 12.5 Å². The molecule has 0 saturated heterocycles. The average molecular weight is 331 g/mol. The van der Waals surface area contributed by atoms with Crippen LogP contribution >= 0.6 is 23.2 Å². The molecular formula is C14H16Cl2N2O3. The van der Waals surface area contributed by atoms with E-state index in [-0.39, 0.29) is 33.2 Å². The van der Waals surface area contributed by atoms with Crippen LogP contribution in [0.5, 0.6) is 0 Å². The highest BCUT2D eigenvalue weighted by Crippen LogP contribution is 2.35. The van der Waals surface area contributed by atoms with Gasteiger partial charge in [0, 0.05) is 24.7 Å². The molecule has 21 heavy (non-hydrogen) atoms. The molecule has 0 bridgehead atoms. The van der Waals surface area contributed by atoms with Crippen molar-refractivity contribution in [2.24, 2.45) is 5.92 Å². The zero-order valence-electron chi connectivity index (χ0n) is 11.8. The van der Waals surface area contributed by atoms with Crippen molar-refractivity contribution in [3.63, 3.8) is 0 Å². The van der Waals surface area contributed by atoms with E-state index in [0.717, 1.165) is 18.9 Å². The third-order valence-electron chi connectivity index (χ3n) is 3.26. The summed E-state index contributed by atoms with van der Waals surface area (Å²) >= 11 is 12.0. The molecule has 0 aliphatic heterocycles. The Morgan fingerprint density at radius 3 is 2.52 bits per heavy atom. The van der Waals surface area contributed by atoms with Crippen LogP contribution in [0.3, 0.4) is 0 Å². The molecule has 0 heterocycles. The molecule has 0 aromatic heterocycles. The highest BCUT2D eigenvalue weighted by molar-refractivity contribution is 6.44. The maximum absolute atomic E-state index is 12.7. The predicted molar refractivity (Wildman–Crippen MR) is 82.0 cm³/mol. The maximum atomic E-state index is 12.7. The monoisotopic (exact) mass is 330 g/mol. The molecule has 1 aliphatic rings. The summed E-state index contributed by atoms with van der Waals surface area (Å²) in [5, 5.41) is 11.0. The van der Waals surface area contributed by atoms with Crippen LogP contribution in [-0.4, -0.2) is 28.3 Å². The number of amides is 1. The molecule has 0 radical (unpaired) electrons. The first-order chi connectivity index (χ1) is 9.81. The number of halogens is 2. The second-order valence-electron chi connectivity index (χ2n) is 5.63. The number of rotatable bonds is 5. The van der Waals surface area contributed by atoms with Gasteiger partial charge in [0.1, 0.15) is 0 Å². The fraction of sp³-hybridized carbons (Fsp3) is 0.500. The zero-order valence-corrected chi connectivity index (χ0v) is 13.3. The molecule has 1 aromatic rings. The number of benzene rings is 1. The number of non-ortho nitro benzene ring substituents is 1. The van der Waals surface area contributed by atoms with E-state index >= 15 is 0 Å². The lowest BCUT2D eigenvalue weighted by Gasteiger charge is -2.25. The number of carbonyl (C=O) groups excluding carboxylic acids is 1. The summed E-state index contributed by atoms with van der Waals surface area (Å²) in [6.45, 7) is 4.63. The normalized spacial score (nSPS) is 14.3. The topological polar surface area (TPSA) is 63.5 Å². The third kappa shape index (κ3) is 3.66. The summed E-state index contributed by atoms with van der Waals surface area (Å²) in [6.07, 6.45) is 1.91. The summed E-state index contributed by atoms with van der Waals surface area (Å²) in [5.74, 6) is 0.0179. The van der Waals surface area contributed by atoms with Crippen molar-refractivity contribution in [1.82, 2.24) is 4.90 Å². The van der Waals surface area contributed by atoms with Gasteiger partial charge in [0.2, 0.25) is 0 Å². The number of nitro benzene ring substituents is 1. The van der Waals surface area contributed by atoms with Gasteiger partial charge in [-0.1, -0.05) is 37.0 Å². The number of nitrogens with zero attached hydrogens (tertiary/aromatic N) is 2. The first-order valence-electron chi connectivity index (χ1n) is 6.75. The smallest absolute Gasteiger partial charge is 0.271 e. The molecule has 1 aromatic carbocycles. The van der Waals surface area contributed by atoms with Crippen molar-refractivity contribution >= 4 is 34.8 Å². The van der Waals surface area contributed by atoms with Crippen LogP contribution in [0.4, 0.5) is 5.69 Å². The fourth-order valence-corrected chi connectivity index (χ4v) is 2.57. The van der Waals surface area contributed by atoms with E-state index in [1.165, 1.54) is 6.07 Å². The van der Waals surface area contributed by atoms with Gasteiger partial charge in [-0.2, -0.15) is 0 Å². The number of nitro groups is 1. The van der Waals surface area contributed by atoms with Crippen molar-refractivity contribution in [2.45, 2.75) is 32.7 Å². The minimum absolute atomic E-state index is 0.0227. The van der Waals surface area contributed by atoms with Crippen LogP contribution in [0.15, 0.2) is 12.1 Å². The molecular weight excluding hydrogens is 315 g/mol. The molecule has 0 unspecified atom stereocenters. The molecule has 1 saturated carbocycles. The van der Waals surface area contributed by atoms with Crippen LogP contribution in [-0.2, 0) is 0 Å². The molecule has 114 valence electrons. The Bertz CT molecular complexity index is 586. The first kappa shape index (κ1) is 16.0. The van der Waals surface area contributed by atoms with Gasteiger partial charge in [-0.25, -0.2) is 0 Å². The third-order valence-corrected chi connectivity index (χ3v) is 4.07. The Labute approximate surface area is 133 Å². The molecule has 1 fully saturated rings.